The number of nitrogens with one attached hydrogen (secondary N) is 1. The number of benzene rings is 2. The van der Waals surface area contributed by atoms with Crippen molar-refractivity contribution in [2.45, 2.75) is 55.7 Å². The van der Waals surface area contributed by atoms with Gasteiger partial charge in [0.05, 0.1) is 5.56 Å². The van der Waals surface area contributed by atoms with Crippen molar-refractivity contribution in [3.8, 4) is 0 Å². The molecule has 2 atom stereocenters. The van der Waals surface area contributed by atoms with Crippen LogP contribution in [0, 0.1) is 0 Å². The molecular formula is C22H27NO3S. The minimum atomic E-state index is -0.895. The third-order valence-corrected chi connectivity index (χ3v) is 5.70. The van der Waals surface area contributed by atoms with Crippen molar-refractivity contribution in [3.63, 3.8) is 0 Å². The molecule has 1 amide bonds. The fraction of sp³-hybridized carbons (Fsp3) is 0.364. The number of carboxylic acid groups (broad SMARTS) is 1. The van der Waals surface area contributed by atoms with E-state index in [-0.39, 0.29) is 17.4 Å². The molecule has 144 valence electrons. The highest BCUT2D eigenvalue weighted by Gasteiger charge is 2.25. The zero-order chi connectivity index (χ0) is 20.0. The summed E-state index contributed by atoms with van der Waals surface area (Å²) in [5.41, 5.74) is 1.68. The number of aliphatic carboxylic acids is 1. The van der Waals surface area contributed by atoms with E-state index >= 15 is 0 Å². The number of hydrogen-bond donors (Lipinski definition) is 2. The van der Waals surface area contributed by atoms with Gasteiger partial charge in [0.15, 0.2) is 0 Å². The molecule has 0 aliphatic heterocycles. The summed E-state index contributed by atoms with van der Waals surface area (Å²) >= 11 is 1.18. The Bertz CT molecular complexity index is 789. The second-order valence-electron chi connectivity index (χ2n) is 7.42. The maximum Gasteiger partial charge on any atom is 0.316 e. The molecule has 2 aromatic rings. The molecule has 0 bridgehead atoms. The lowest BCUT2D eigenvalue weighted by atomic mass is 9.79. The largest absolute Gasteiger partial charge is 0.480 e. The summed E-state index contributed by atoms with van der Waals surface area (Å²) in [4.78, 5) is 24.6. The highest BCUT2D eigenvalue weighted by molar-refractivity contribution is 8.00. The van der Waals surface area contributed by atoms with Crippen LogP contribution in [0.3, 0.4) is 0 Å². The molecular weight excluding hydrogens is 358 g/mol. The van der Waals surface area contributed by atoms with Crippen molar-refractivity contribution in [2.24, 2.45) is 0 Å². The molecule has 4 nitrogen and oxygen atoms in total. The summed E-state index contributed by atoms with van der Waals surface area (Å²) in [6.07, 6.45) is 0.795. The van der Waals surface area contributed by atoms with E-state index in [2.05, 4.69) is 31.3 Å². The van der Waals surface area contributed by atoms with Gasteiger partial charge < -0.3 is 10.4 Å². The Morgan fingerprint density at radius 3 is 2.26 bits per heavy atom. The first kappa shape index (κ1) is 21.0. The monoisotopic (exact) mass is 385 g/mol. The number of carboxylic acids is 1. The van der Waals surface area contributed by atoms with Crippen LogP contribution in [-0.2, 0) is 10.2 Å². The molecule has 0 saturated carbocycles. The minimum absolute atomic E-state index is 0.0253. The molecule has 2 unspecified atom stereocenters. The van der Waals surface area contributed by atoms with Crippen molar-refractivity contribution in [1.82, 2.24) is 5.32 Å². The van der Waals surface area contributed by atoms with E-state index in [1.54, 1.807) is 25.1 Å². The van der Waals surface area contributed by atoms with Crippen molar-refractivity contribution in [1.29, 1.82) is 0 Å². The summed E-state index contributed by atoms with van der Waals surface area (Å²) in [7, 11) is 0. The fourth-order valence-electron chi connectivity index (χ4n) is 3.12. The van der Waals surface area contributed by atoms with Crippen LogP contribution < -0.4 is 5.32 Å². The van der Waals surface area contributed by atoms with Gasteiger partial charge in [-0.2, -0.15) is 0 Å². The topological polar surface area (TPSA) is 66.4 Å². The van der Waals surface area contributed by atoms with Gasteiger partial charge in [-0.25, -0.2) is 0 Å². The van der Waals surface area contributed by atoms with Crippen LogP contribution in [0.15, 0.2) is 59.5 Å². The summed E-state index contributed by atoms with van der Waals surface area (Å²) < 4.78 is 0. The van der Waals surface area contributed by atoms with E-state index in [1.165, 1.54) is 17.3 Å². The predicted molar refractivity (Wildman–Crippen MR) is 110 cm³/mol. The first-order valence-corrected chi connectivity index (χ1v) is 9.93. The van der Waals surface area contributed by atoms with E-state index in [0.29, 0.717) is 10.5 Å². The first-order valence-electron chi connectivity index (χ1n) is 9.05. The lowest BCUT2D eigenvalue weighted by molar-refractivity contribution is -0.136. The molecule has 0 fully saturated rings. The van der Waals surface area contributed by atoms with Gasteiger partial charge in [-0.1, -0.05) is 56.3 Å². The smallest absolute Gasteiger partial charge is 0.316 e. The average Bonchev–Trinajstić information content (AvgIpc) is 2.62. The molecule has 0 aliphatic rings. The molecule has 0 saturated heterocycles. The van der Waals surface area contributed by atoms with E-state index in [9.17, 15) is 9.59 Å². The Morgan fingerprint density at radius 1 is 1.04 bits per heavy atom. The SMILES string of the molecule is CC(CC(C)(C)c1ccccc1)NC(=O)c1ccccc1SC(C)C(=O)O. The van der Waals surface area contributed by atoms with Crippen LogP contribution in [0.2, 0.25) is 0 Å². The lowest BCUT2D eigenvalue weighted by Gasteiger charge is -2.29. The number of carbonyl (C=O) groups excluding carboxylic acids is 1. The van der Waals surface area contributed by atoms with Crippen LogP contribution in [0.4, 0.5) is 0 Å². The Balaban J connectivity index is 2.08. The third kappa shape index (κ3) is 5.86. The molecule has 2 N–H and O–H groups in total. The molecule has 0 aromatic heterocycles. The quantitative estimate of drug-likeness (QED) is 0.644. The van der Waals surface area contributed by atoms with Gasteiger partial charge in [-0.15, -0.1) is 11.8 Å². The number of thioether (sulfide) groups is 1. The highest BCUT2D eigenvalue weighted by atomic mass is 32.2. The molecule has 2 rings (SSSR count). The summed E-state index contributed by atoms with van der Waals surface area (Å²) in [6, 6.07) is 17.4. The number of hydrogen-bond acceptors (Lipinski definition) is 3. The van der Waals surface area contributed by atoms with Crippen LogP contribution in [0.1, 0.15) is 50.0 Å². The Kier molecular flexibility index (Phi) is 7.08. The predicted octanol–water partition coefficient (Wildman–Crippen LogP) is 4.74. The average molecular weight is 386 g/mol. The number of amides is 1. The lowest BCUT2D eigenvalue weighted by Crippen LogP contribution is -2.37. The van der Waals surface area contributed by atoms with Gasteiger partial charge >= 0.3 is 5.97 Å². The second kappa shape index (κ2) is 9.09. The Morgan fingerprint density at radius 2 is 1.63 bits per heavy atom. The summed E-state index contributed by atoms with van der Waals surface area (Å²) in [5, 5.41) is 11.6. The minimum Gasteiger partial charge on any atom is -0.480 e. The fourth-order valence-corrected chi connectivity index (χ4v) is 4.05. The van der Waals surface area contributed by atoms with Gasteiger partial charge in [-0.05, 0) is 43.4 Å². The van der Waals surface area contributed by atoms with E-state index in [4.69, 9.17) is 5.11 Å². The van der Waals surface area contributed by atoms with Crippen molar-refractivity contribution < 1.29 is 14.7 Å². The number of carbonyl (C=O) groups is 2. The van der Waals surface area contributed by atoms with E-state index in [1.807, 2.05) is 31.2 Å². The molecule has 2 aromatic carbocycles. The zero-order valence-electron chi connectivity index (χ0n) is 16.2. The van der Waals surface area contributed by atoms with Crippen LogP contribution >= 0.6 is 11.8 Å². The molecule has 0 radical (unpaired) electrons. The van der Waals surface area contributed by atoms with Crippen molar-refractivity contribution >= 4 is 23.6 Å². The van der Waals surface area contributed by atoms with Crippen molar-refractivity contribution in [2.75, 3.05) is 0 Å². The zero-order valence-corrected chi connectivity index (χ0v) is 17.0. The van der Waals surface area contributed by atoms with Crippen LogP contribution in [-0.4, -0.2) is 28.3 Å². The second-order valence-corrected chi connectivity index (χ2v) is 8.81. The maximum absolute atomic E-state index is 12.8. The maximum atomic E-state index is 12.8. The van der Waals surface area contributed by atoms with Gasteiger partial charge in [0.2, 0.25) is 0 Å². The normalized spacial score (nSPS) is 13.6. The summed E-state index contributed by atoms with van der Waals surface area (Å²) in [6.45, 7) is 7.96. The number of rotatable bonds is 8. The standard InChI is InChI=1S/C22H27NO3S/c1-15(14-22(3,4)17-10-6-5-7-11-17)23-20(24)18-12-8-9-13-19(18)27-16(2)21(25)26/h5-13,15-16H,14H2,1-4H3,(H,23,24)(H,25,26). The van der Waals surface area contributed by atoms with Crippen LogP contribution in [0.5, 0.6) is 0 Å². The van der Waals surface area contributed by atoms with Crippen molar-refractivity contribution in [3.05, 3.63) is 65.7 Å². The Hall–Kier alpha value is -2.27. The Labute approximate surface area is 165 Å². The van der Waals surface area contributed by atoms with Gasteiger partial charge in [-0.3, -0.25) is 9.59 Å². The summed E-state index contributed by atoms with van der Waals surface area (Å²) in [5.74, 6) is -1.07. The highest BCUT2D eigenvalue weighted by Crippen LogP contribution is 2.29. The van der Waals surface area contributed by atoms with E-state index in [0.717, 1.165) is 6.42 Å². The van der Waals surface area contributed by atoms with Gasteiger partial charge in [0.1, 0.15) is 5.25 Å². The van der Waals surface area contributed by atoms with E-state index < -0.39 is 11.2 Å². The third-order valence-electron chi connectivity index (χ3n) is 4.53. The molecule has 0 spiro atoms. The van der Waals surface area contributed by atoms with Crippen LogP contribution in [0.25, 0.3) is 0 Å². The molecule has 0 aliphatic carbocycles. The molecule has 0 heterocycles. The van der Waals surface area contributed by atoms with Gasteiger partial charge in [0.25, 0.3) is 5.91 Å². The molecule has 27 heavy (non-hydrogen) atoms. The molecule has 5 heteroatoms. The first-order chi connectivity index (χ1) is 12.7. The van der Waals surface area contributed by atoms with Gasteiger partial charge in [0, 0.05) is 10.9 Å².